The lowest BCUT2D eigenvalue weighted by Gasteiger charge is -2.29. The summed E-state index contributed by atoms with van der Waals surface area (Å²) >= 11 is 3.06. The standard InChI is InChI=1S/C13H17F3N4O4.C5H9BrO3/c1-8-6-19(17-11(8)20(22)23)9(7-24-2)12(21)18-5-3-4-10(18)13(14,15)16;1-8-3-4(6)5(7)9-2/h6,9-10H,3-5,7H2,1-2H3;4H,3H2,1-2H3/t9?,10-;/m0./s1. The highest BCUT2D eigenvalue weighted by molar-refractivity contribution is 9.10. The SMILES string of the molecule is COCC(Br)C(=O)OC.COCC(C(=O)N1CCC[C@H]1C(F)(F)F)n1cc(C)c([N+](=O)[O-])n1. The molecule has 0 aromatic carbocycles. The molecule has 1 aromatic rings. The third-order valence-corrected chi connectivity index (χ3v) is 5.31. The molecule has 1 aromatic heterocycles. The van der Waals surface area contributed by atoms with Gasteiger partial charge in [-0.1, -0.05) is 15.9 Å². The quantitative estimate of drug-likeness (QED) is 0.210. The van der Waals surface area contributed by atoms with Crippen LogP contribution in [0.5, 0.6) is 0 Å². The highest BCUT2D eigenvalue weighted by Crippen LogP contribution is 2.34. The number of nitrogens with zero attached hydrogens (tertiary/aromatic N) is 4. The number of aromatic nitrogens is 2. The first-order valence-corrected chi connectivity index (χ1v) is 10.6. The Labute approximate surface area is 196 Å². The molecule has 0 radical (unpaired) electrons. The number of carbonyl (C=O) groups excluding carboxylic acids is 2. The molecule has 33 heavy (non-hydrogen) atoms. The van der Waals surface area contributed by atoms with Crippen LogP contribution in [0.4, 0.5) is 19.0 Å². The first-order valence-electron chi connectivity index (χ1n) is 9.66. The number of nitro groups is 1. The number of hydrogen-bond acceptors (Lipinski definition) is 8. The molecule has 2 rings (SSSR count). The second-order valence-electron chi connectivity index (χ2n) is 7.02. The first kappa shape index (κ1) is 28.8. The van der Waals surface area contributed by atoms with Gasteiger partial charge < -0.3 is 29.2 Å². The van der Waals surface area contributed by atoms with E-state index >= 15 is 0 Å². The molecule has 1 amide bonds. The Hall–Kier alpha value is -2.26. The smallest absolute Gasteiger partial charge is 0.408 e. The molecule has 1 saturated heterocycles. The largest absolute Gasteiger partial charge is 0.468 e. The number of hydrogen-bond donors (Lipinski definition) is 0. The van der Waals surface area contributed by atoms with Crippen molar-refractivity contribution in [3.05, 3.63) is 21.9 Å². The van der Waals surface area contributed by atoms with Gasteiger partial charge in [0.15, 0.2) is 6.04 Å². The van der Waals surface area contributed by atoms with Crippen LogP contribution in [0.3, 0.4) is 0 Å². The van der Waals surface area contributed by atoms with E-state index in [1.54, 1.807) is 0 Å². The average molecular weight is 547 g/mol. The first-order chi connectivity index (χ1) is 15.4. The molecule has 1 fully saturated rings. The second kappa shape index (κ2) is 12.8. The number of methoxy groups -OCH3 is 3. The Bertz CT molecular complexity index is 821. The van der Waals surface area contributed by atoms with Crippen LogP contribution in [0.15, 0.2) is 6.20 Å². The molecule has 2 unspecified atom stereocenters. The molecule has 2 heterocycles. The van der Waals surface area contributed by atoms with Crippen molar-refractivity contribution in [1.29, 1.82) is 0 Å². The lowest BCUT2D eigenvalue weighted by molar-refractivity contribution is -0.390. The summed E-state index contributed by atoms with van der Waals surface area (Å²) in [5.41, 5.74) is 0.211. The minimum Gasteiger partial charge on any atom is -0.468 e. The van der Waals surface area contributed by atoms with Crippen molar-refractivity contribution < 1.29 is 41.9 Å². The van der Waals surface area contributed by atoms with Gasteiger partial charge in [-0.15, -0.1) is 0 Å². The third kappa shape index (κ3) is 7.92. The van der Waals surface area contributed by atoms with Crippen molar-refractivity contribution in [3.8, 4) is 0 Å². The minimum atomic E-state index is -4.52. The van der Waals surface area contributed by atoms with Gasteiger partial charge in [-0.2, -0.15) is 17.9 Å². The fourth-order valence-corrected chi connectivity index (χ4v) is 3.59. The molecular formula is C18H26BrF3N4O7. The number of ether oxygens (including phenoxy) is 3. The number of alkyl halides is 4. The van der Waals surface area contributed by atoms with Crippen LogP contribution in [-0.2, 0) is 23.8 Å². The predicted molar refractivity (Wildman–Crippen MR) is 112 cm³/mol. The van der Waals surface area contributed by atoms with Gasteiger partial charge in [0.05, 0.1) is 37.2 Å². The predicted octanol–water partition coefficient (Wildman–Crippen LogP) is 2.41. The van der Waals surface area contributed by atoms with E-state index in [9.17, 15) is 32.9 Å². The van der Waals surface area contributed by atoms with Gasteiger partial charge in [-0.05, 0) is 24.7 Å². The fourth-order valence-electron chi connectivity index (χ4n) is 3.14. The van der Waals surface area contributed by atoms with E-state index in [-0.39, 0.29) is 42.4 Å². The van der Waals surface area contributed by atoms with Crippen molar-refractivity contribution in [1.82, 2.24) is 14.7 Å². The normalized spacial score (nSPS) is 17.7. The Morgan fingerprint density at radius 3 is 2.36 bits per heavy atom. The summed E-state index contributed by atoms with van der Waals surface area (Å²) in [6.07, 6.45) is -3.17. The van der Waals surface area contributed by atoms with E-state index in [4.69, 9.17) is 4.74 Å². The molecule has 188 valence electrons. The molecule has 1 aliphatic heterocycles. The number of carbonyl (C=O) groups is 2. The second-order valence-corrected chi connectivity index (χ2v) is 8.13. The molecule has 3 atom stereocenters. The summed E-state index contributed by atoms with van der Waals surface area (Å²) in [4.78, 5) is 33.7. The lowest BCUT2D eigenvalue weighted by atomic mass is 10.2. The van der Waals surface area contributed by atoms with Crippen molar-refractivity contribution in [3.63, 3.8) is 0 Å². The number of aryl methyl sites for hydroxylation is 1. The number of esters is 1. The molecular weight excluding hydrogens is 521 g/mol. The monoisotopic (exact) mass is 546 g/mol. The maximum Gasteiger partial charge on any atom is 0.408 e. The van der Waals surface area contributed by atoms with Gasteiger partial charge in [0, 0.05) is 20.8 Å². The topological polar surface area (TPSA) is 126 Å². The van der Waals surface area contributed by atoms with E-state index in [1.807, 2.05) is 0 Å². The number of halogens is 4. The van der Waals surface area contributed by atoms with E-state index in [1.165, 1.54) is 34.4 Å². The highest BCUT2D eigenvalue weighted by atomic mass is 79.9. The Balaban J connectivity index is 0.000000513. The summed E-state index contributed by atoms with van der Waals surface area (Å²) in [5.74, 6) is -1.57. The Kier molecular flexibility index (Phi) is 11.2. The number of likely N-dealkylation sites (tertiary alicyclic amines) is 1. The zero-order valence-electron chi connectivity index (χ0n) is 18.5. The van der Waals surface area contributed by atoms with E-state index in [0.717, 1.165) is 9.58 Å². The van der Waals surface area contributed by atoms with Crippen LogP contribution >= 0.6 is 15.9 Å². The Morgan fingerprint density at radius 2 is 1.91 bits per heavy atom. The maximum absolute atomic E-state index is 13.1. The van der Waals surface area contributed by atoms with Crippen LogP contribution < -0.4 is 0 Å². The summed E-state index contributed by atoms with van der Waals surface area (Å²) in [5, 5.41) is 14.6. The molecule has 0 bridgehead atoms. The van der Waals surface area contributed by atoms with Gasteiger partial charge >= 0.3 is 18.0 Å². The van der Waals surface area contributed by atoms with E-state index in [0.29, 0.717) is 6.61 Å². The van der Waals surface area contributed by atoms with Gasteiger partial charge in [-0.3, -0.25) is 9.59 Å². The van der Waals surface area contributed by atoms with E-state index < -0.39 is 34.9 Å². The average Bonchev–Trinajstić information content (AvgIpc) is 3.38. The minimum absolute atomic E-state index is 0.0223. The zero-order chi connectivity index (χ0) is 25.3. The van der Waals surface area contributed by atoms with Crippen molar-refractivity contribution >= 4 is 33.6 Å². The number of amides is 1. The van der Waals surface area contributed by atoms with Gasteiger partial charge in [0.2, 0.25) is 0 Å². The fraction of sp³-hybridized carbons (Fsp3) is 0.722. The van der Waals surface area contributed by atoms with Crippen molar-refractivity contribution in [2.24, 2.45) is 0 Å². The summed E-state index contributed by atoms with van der Waals surface area (Å²) < 4.78 is 54.2. The molecule has 0 saturated carbocycles. The summed E-state index contributed by atoms with van der Waals surface area (Å²) in [6, 6.07) is -3.04. The van der Waals surface area contributed by atoms with Crippen LogP contribution in [0.2, 0.25) is 0 Å². The van der Waals surface area contributed by atoms with Crippen molar-refractivity contribution in [2.75, 3.05) is 41.1 Å². The molecule has 0 spiro atoms. The van der Waals surface area contributed by atoms with Crippen LogP contribution in [0, 0.1) is 17.0 Å². The molecule has 0 N–H and O–H groups in total. The Morgan fingerprint density at radius 1 is 1.30 bits per heavy atom. The number of rotatable bonds is 8. The molecule has 11 nitrogen and oxygen atoms in total. The maximum atomic E-state index is 13.1. The third-order valence-electron chi connectivity index (χ3n) is 4.67. The molecule has 0 aliphatic carbocycles. The van der Waals surface area contributed by atoms with E-state index in [2.05, 4.69) is 30.5 Å². The van der Waals surface area contributed by atoms with Crippen molar-refractivity contribution in [2.45, 2.75) is 42.9 Å². The zero-order valence-corrected chi connectivity index (χ0v) is 20.1. The van der Waals surface area contributed by atoms with Crippen LogP contribution in [0.25, 0.3) is 0 Å². The van der Waals surface area contributed by atoms with Crippen LogP contribution in [-0.4, -0.2) is 89.6 Å². The molecule has 15 heteroatoms. The van der Waals surface area contributed by atoms with Gasteiger partial charge in [0.1, 0.15) is 10.9 Å². The van der Waals surface area contributed by atoms with Gasteiger partial charge in [0.25, 0.3) is 5.91 Å². The molecule has 1 aliphatic rings. The summed E-state index contributed by atoms with van der Waals surface area (Å²) in [7, 11) is 4.15. The highest BCUT2D eigenvalue weighted by Gasteiger charge is 2.49. The lowest BCUT2D eigenvalue weighted by Crippen LogP contribution is -2.48. The van der Waals surface area contributed by atoms with Gasteiger partial charge in [-0.25, -0.2) is 0 Å². The summed E-state index contributed by atoms with van der Waals surface area (Å²) in [6.45, 7) is 1.51. The van der Waals surface area contributed by atoms with Crippen LogP contribution in [0.1, 0.15) is 24.4 Å².